The number of carbonyl (C=O) groups excluding carboxylic acids is 2. The molecule has 0 atom stereocenters. The Morgan fingerprint density at radius 2 is 1.17 bits per heavy atom. The Bertz CT molecular complexity index is 675. The Kier molecular flexibility index (Phi) is 6.83. The number of thiol groups is 2. The molecule has 1 aromatic rings. The summed E-state index contributed by atoms with van der Waals surface area (Å²) in [5.74, 6) is -2.98. The van der Waals surface area contributed by atoms with Crippen molar-refractivity contribution in [2.45, 2.75) is 0 Å². The fourth-order valence-corrected chi connectivity index (χ4v) is 2.46. The molecule has 0 saturated heterocycles. The molecule has 0 spiro atoms. The van der Waals surface area contributed by atoms with Crippen molar-refractivity contribution in [1.29, 1.82) is 10.8 Å². The van der Waals surface area contributed by atoms with Gasteiger partial charge in [-0.3, -0.25) is 20.4 Å². The summed E-state index contributed by atoms with van der Waals surface area (Å²) >= 11 is 17.3. The van der Waals surface area contributed by atoms with Crippen LogP contribution in [0.2, 0.25) is 0 Å². The van der Waals surface area contributed by atoms with Crippen LogP contribution in [0.5, 0.6) is 0 Å². The minimum Gasteiger partial charge on any atom is -0.369 e. The molecule has 6 N–H and O–H groups in total. The van der Waals surface area contributed by atoms with Crippen LogP contribution < -0.4 is 11.5 Å². The quantitative estimate of drug-likeness (QED) is 0.188. The van der Waals surface area contributed by atoms with Crippen molar-refractivity contribution >= 4 is 82.1 Å². The molecule has 0 aliphatic carbocycles. The lowest BCUT2D eigenvalue weighted by molar-refractivity contribution is 0.0869. The van der Waals surface area contributed by atoms with Gasteiger partial charge in [0, 0.05) is 0 Å². The Labute approximate surface area is 159 Å². The Balaban J connectivity index is 3.45. The van der Waals surface area contributed by atoms with E-state index in [-0.39, 0.29) is 19.8 Å². The Morgan fingerprint density at radius 1 is 0.875 bits per heavy atom. The predicted molar refractivity (Wildman–Crippen MR) is 106 cm³/mol. The van der Waals surface area contributed by atoms with Crippen LogP contribution >= 0.6 is 49.7 Å². The number of carbonyl (C=O) groups is 2. The number of amides is 2. The SMILES string of the molecule is N=C(N)N(C(=O)c1ccccc1C(=O)N(C(=N)N)C(=S)S)C(=S)S. The van der Waals surface area contributed by atoms with E-state index < -0.39 is 23.7 Å². The number of guanidine groups is 2. The lowest BCUT2D eigenvalue weighted by Crippen LogP contribution is -2.45. The molecular formula is C12H12N6O2S4. The molecule has 0 aliphatic heterocycles. The van der Waals surface area contributed by atoms with Gasteiger partial charge in [-0.1, -0.05) is 36.6 Å². The molecule has 126 valence electrons. The average Bonchev–Trinajstić information content (AvgIpc) is 2.45. The van der Waals surface area contributed by atoms with E-state index in [9.17, 15) is 9.59 Å². The highest BCUT2D eigenvalue weighted by molar-refractivity contribution is 8.11. The van der Waals surface area contributed by atoms with Gasteiger partial charge in [-0.25, -0.2) is 9.80 Å². The van der Waals surface area contributed by atoms with Gasteiger partial charge in [0.2, 0.25) is 11.9 Å². The smallest absolute Gasteiger partial charge is 0.267 e. The number of hydrogen-bond acceptors (Lipinski definition) is 6. The number of nitrogens with two attached hydrogens (primary N) is 2. The zero-order chi connectivity index (χ0) is 18.6. The normalized spacial score (nSPS) is 9.75. The minimum absolute atomic E-state index is 0.120. The fraction of sp³-hybridized carbons (Fsp3) is 0. The van der Waals surface area contributed by atoms with Gasteiger partial charge in [0.05, 0.1) is 11.1 Å². The fourth-order valence-electron chi connectivity index (χ4n) is 1.70. The largest absolute Gasteiger partial charge is 0.369 e. The number of nitrogens with one attached hydrogen (secondary N) is 2. The number of nitrogens with zero attached hydrogens (tertiary/aromatic N) is 2. The average molecular weight is 401 g/mol. The monoisotopic (exact) mass is 400 g/mol. The van der Waals surface area contributed by atoms with Crippen molar-refractivity contribution in [3.05, 3.63) is 35.4 Å². The van der Waals surface area contributed by atoms with Crippen molar-refractivity contribution in [3.63, 3.8) is 0 Å². The van der Waals surface area contributed by atoms with E-state index in [1.165, 1.54) is 24.3 Å². The van der Waals surface area contributed by atoms with Crippen LogP contribution in [0.3, 0.4) is 0 Å². The second-order valence-corrected chi connectivity index (χ2v) is 6.39. The van der Waals surface area contributed by atoms with Gasteiger partial charge in [0.15, 0.2) is 0 Å². The molecule has 24 heavy (non-hydrogen) atoms. The first-order valence-electron chi connectivity index (χ1n) is 6.01. The first-order valence-corrected chi connectivity index (χ1v) is 7.72. The minimum atomic E-state index is -0.833. The summed E-state index contributed by atoms with van der Waals surface area (Å²) in [7, 11) is 0. The summed E-state index contributed by atoms with van der Waals surface area (Å²) < 4.78 is -0.522. The van der Waals surface area contributed by atoms with Crippen molar-refractivity contribution in [1.82, 2.24) is 9.80 Å². The number of benzene rings is 1. The highest BCUT2D eigenvalue weighted by Gasteiger charge is 2.29. The number of rotatable bonds is 2. The highest BCUT2D eigenvalue weighted by Crippen LogP contribution is 2.16. The maximum atomic E-state index is 12.6. The highest BCUT2D eigenvalue weighted by atomic mass is 32.1. The summed E-state index contributed by atoms with van der Waals surface area (Å²) in [6.45, 7) is 0. The maximum Gasteiger partial charge on any atom is 0.267 e. The van der Waals surface area contributed by atoms with Crippen molar-refractivity contribution in [2.75, 3.05) is 0 Å². The first kappa shape index (κ1) is 20.0. The molecular weight excluding hydrogens is 388 g/mol. The molecule has 0 fully saturated rings. The molecule has 1 aromatic carbocycles. The van der Waals surface area contributed by atoms with E-state index in [4.69, 9.17) is 46.7 Å². The van der Waals surface area contributed by atoms with Crippen LogP contribution in [0.25, 0.3) is 0 Å². The molecule has 1 rings (SSSR count). The van der Waals surface area contributed by atoms with Crippen molar-refractivity contribution in [2.24, 2.45) is 11.5 Å². The Hall–Kier alpha value is -2.02. The van der Waals surface area contributed by atoms with Crippen LogP contribution in [-0.2, 0) is 0 Å². The van der Waals surface area contributed by atoms with E-state index >= 15 is 0 Å². The van der Waals surface area contributed by atoms with Gasteiger partial charge in [-0.15, -0.1) is 25.3 Å². The van der Waals surface area contributed by atoms with Crippen LogP contribution in [-0.4, -0.2) is 42.2 Å². The van der Waals surface area contributed by atoms with E-state index in [1.807, 2.05) is 0 Å². The summed E-state index contributed by atoms with van der Waals surface area (Å²) in [6, 6.07) is 5.66. The van der Waals surface area contributed by atoms with E-state index in [0.717, 1.165) is 0 Å². The molecule has 0 bridgehead atoms. The van der Waals surface area contributed by atoms with Crippen molar-refractivity contribution in [3.8, 4) is 0 Å². The molecule has 8 nitrogen and oxygen atoms in total. The number of thiocarbonyl (C=S) groups is 2. The van der Waals surface area contributed by atoms with Crippen molar-refractivity contribution < 1.29 is 9.59 Å². The molecule has 0 saturated carbocycles. The van der Waals surface area contributed by atoms with Gasteiger partial charge in [0.25, 0.3) is 11.8 Å². The molecule has 0 radical (unpaired) electrons. The van der Waals surface area contributed by atoms with Crippen LogP contribution in [0.4, 0.5) is 0 Å². The van der Waals surface area contributed by atoms with E-state index in [2.05, 4.69) is 25.3 Å². The topological polar surface area (TPSA) is 140 Å². The standard InChI is InChI=1S/C12H12N6O2S4/c13-9(14)17(11(21)22)7(19)5-3-1-2-4-6(5)8(20)18(10(15)16)12(23)24/h1-4H,(H3,13,14)(H3,15,16)(H,21,22)(H,23,24). The zero-order valence-corrected chi connectivity index (χ0v) is 15.3. The summed E-state index contributed by atoms with van der Waals surface area (Å²) in [6.07, 6.45) is 0. The van der Waals surface area contributed by atoms with Gasteiger partial charge < -0.3 is 11.5 Å². The number of hydrogen-bond donors (Lipinski definition) is 6. The second kappa shape index (κ2) is 8.19. The van der Waals surface area contributed by atoms with Crippen LogP contribution in [0, 0.1) is 10.8 Å². The van der Waals surface area contributed by atoms with E-state index in [1.54, 1.807) is 0 Å². The zero-order valence-electron chi connectivity index (χ0n) is 11.9. The molecule has 0 aromatic heterocycles. The first-order chi connectivity index (χ1) is 11.1. The summed E-state index contributed by atoms with van der Waals surface area (Å²) in [5, 5.41) is 14.8. The Morgan fingerprint density at radius 3 is 1.38 bits per heavy atom. The molecule has 0 heterocycles. The van der Waals surface area contributed by atoms with Gasteiger partial charge in [-0.2, -0.15) is 0 Å². The summed E-state index contributed by atoms with van der Waals surface area (Å²) in [5.41, 5.74) is 10.4. The third kappa shape index (κ3) is 4.29. The molecule has 12 heteroatoms. The molecule has 0 aliphatic rings. The maximum absolute atomic E-state index is 12.6. The lowest BCUT2D eigenvalue weighted by atomic mass is 10.1. The molecule has 0 unspecified atom stereocenters. The lowest BCUT2D eigenvalue weighted by Gasteiger charge is -2.22. The summed E-state index contributed by atoms with van der Waals surface area (Å²) in [4.78, 5) is 26.4. The molecule has 2 amide bonds. The van der Waals surface area contributed by atoms with Gasteiger partial charge in [-0.05, 0) is 12.1 Å². The van der Waals surface area contributed by atoms with Gasteiger partial charge >= 0.3 is 0 Å². The third-order valence-electron chi connectivity index (χ3n) is 2.66. The van der Waals surface area contributed by atoms with Crippen LogP contribution in [0.15, 0.2) is 24.3 Å². The van der Waals surface area contributed by atoms with Crippen LogP contribution in [0.1, 0.15) is 20.7 Å². The second-order valence-electron chi connectivity index (χ2n) is 4.16. The third-order valence-corrected chi connectivity index (χ3v) is 3.42. The predicted octanol–water partition coefficient (Wildman–Crippen LogP) is 0.787. The van der Waals surface area contributed by atoms with E-state index in [0.29, 0.717) is 9.80 Å². The van der Waals surface area contributed by atoms with Gasteiger partial charge in [0.1, 0.15) is 8.64 Å².